The number of nitrogens with zero attached hydrogens (tertiary/aromatic N) is 3. The van der Waals surface area contributed by atoms with Crippen molar-refractivity contribution in [2.24, 2.45) is 0 Å². The van der Waals surface area contributed by atoms with Gasteiger partial charge in [0.05, 0.1) is 5.69 Å². The molecule has 0 atom stereocenters. The summed E-state index contributed by atoms with van der Waals surface area (Å²) < 4.78 is 1.44. The fourth-order valence-corrected chi connectivity index (χ4v) is 2.56. The second-order valence-corrected chi connectivity index (χ2v) is 5.16. The van der Waals surface area contributed by atoms with Crippen molar-refractivity contribution in [1.29, 1.82) is 0 Å². The summed E-state index contributed by atoms with van der Waals surface area (Å²) in [5.74, 6) is 0. The monoisotopic (exact) mass is 313 g/mol. The molecule has 2 heterocycles. The molecule has 0 N–H and O–H groups in total. The topological polar surface area (TPSA) is 64.8 Å². The van der Waals surface area contributed by atoms with Gasteiger partial charge in [-0.2, -0.15) is 4.98 Å². The molecule has 0 amide bonds. The fraction of sp³-hybridized carbons (Fsp3) is 0.125. The first-order chi connectivity index (χ1) is 10.6. The van der Waals surface area contributed by atoms with Crippen LogP contribution in [0.15, 0.2) is 41.2 Å². The molecule has 2 aromatic heterocycles. The van der Waals surface area contributed by atoms with Gasteiger partial charge in [0.2, 0.25) is 0 Å². The number of aromatic nitrogens is 3. The summed E-state index contributed by atoms with van der Waals surface area (Å²) in [6.07, 6.45) is 0.656. The first-order valence-corrected chi connectivity index (χ1v) is 7.14. The summed E-state index contributed by atoms with van der Waals surface area (Å²) >= 11 is 6.02. The third-order valence-electron chi connectivity index (χ3n) is 3.38. The number of hydrogen-bond donors (Lipinski definition) is 0. The highest BCUT2D eigenvalue weighted by molar-refractivity contribution is 6.30. The normalized spacial score (nSPS) is 10.8. The van der Waals surface area contributed by atoms with Crippen LogP contribution in [0.5, 0.6) is 0 Å². The number of halogens is 1. The summed E-state index contributed by atoms with van der Waals surface area (Å²) in [6.45, 7) is 2.25. The van der Waals surface area contributed by atoms with Crippen LogP contribution in [0, 0.1) is 0 Å². The van der Waals surface area contributed by atoms with Crippen LogP contribution >= 0.6 is 11.6 Å². The maximum Gasteiger partial charge on any atom is 0.349 e. The van der Waals surface area contributed by atoms with Gasteiger partial charge in [0.15, 0.2) is 6.29 Å². The number of aryl methyl sites for hydroxylation is 1. The van der Waals surface area contributed by atoms with Gasteiger partial charge in [-0.25, -0.2) is 9.78 Å². The number of benzene rings is 1. The Morgan fingerprint density at radius 3 is 2.73 bits per heavy atom. The number of carbonyl (C=O) groups is 1. The Bertz CT molecular complexity index is 934. The van der Waals surface area contributed by atoms with Gasteiger partial charge in [-0.3, -0.25) is 9.36 Å². The first kappa shape index (κ1) is 14.4. The second kappa shape index (κ2) is 5.69. The van der Waals surface area contributed by atoms with Crippen molar-refractivity contribution in [1.82, 2.24) is 14.5 Å². The largest absolute Gasteiger partial charge is 0.349 e. The number of aldehydes is 1. The lowest BCUT2D eigenvalue weighted by atomic mass is 10.1. The molecule has 0 radical (unpaired) electrons. The van der Waals surface area contributed by atoms with Crippen LogP contribution < -0.4 is 5.69 Å². The summed E-state index contributed by atoms with van der Waals surface area (Å²) in [5, 5.41) is 1.26. The smallest absolute Gasteiger partial charge is 0.296 e. The SMILES string of the molecule is CCn1c(=O)nc(-c2cccc(Cl)c2)c2ccc(C=O)nc21. The Balaban J connectivity index is 2.41. The minimum Gasteiger partial charge on any atom is -0.296 e. The van der Waals surface area contributed by atoms with Gasteiger partial charge >= 0.3 is 5.69 Å². The Hall–Kier alpha value is -2.53. The van der Waals surface area contributed by atoms with Crippen molar-refractivity contribution in [3.05, 3.63) is 57.6 Å². The van der Waals surface area contributed by atoms with E-state index in [9.17, 15) is 9.59 Å². The molecule has 0 unspecified atom stereocenters. The van der Waals surface area contributed by atoms with Gasteiger partial charge in [-0.1, -0.05) is 23.7 Å². The van der Waals surface area contributed by atoms with Crippen molar-refractivity contribution < 1.29 is 4.79 Å². The molecule has 0 aliphatic rings. The highest BCUT2D eigenvalue weighted by atomic mass is 35.5. The van der Waals surface area contributed by atoms with Crippen LogP contribution in [0.4, 0.5) is 0 Å². The third kappa shape index (κ3) is 2.40. The van der Waals surface area contributed by atoms with Crippen molar-refractivity contribution in [3.63, 3.8) is 0 Å². The number of pyridine rings is 1. The molecule has 0 bridgehead atoms. The van der Waals surface area contributed by atoms with E-state index >= 15 is 0 Å². The lowest BCUT2D eigenvalue weighted by Gasteiger charge is -2.11. The van der Waals surface area contributed by atoms with Gasteiger partial charge in [0.25, 0.3) is 0 Å². The van der Waals surface area contributed by atoms with Crippen LogP contribution in [0.2, 0.25) is 5.02 Å². The zero-order valence-corrected chi connectivity index (χ0v) is 12.5. The van der Waals surface area contributed by atoms with Gasteiger partial charge in [-0.05, 0) is 31.2 Å². The highest BCUT2D eigenvalue weighted by Gasteiger charge is 2.13. The molecule has 0 spiro atoms. The van der Waals surface area contributed by atoms with Crippen LogP contribution in [-0.2, 0) is 6.54 Å². The highest BCUT2D eigenvalue weighted by Crippen LogP contribution is 2.26. The third-order valence-corrected chi connectivity index (χ3v) is 3.62. The van der Waals surface area contributed by atoms with Crippen LogP contribution in [0.1, 0.15) is 17.4 Å². The van der Waals surface area contributed by atoms with E-state index < -0.39 is 5.69 Å². The zero-order valence-electron chi connectivity index (χ0n) is 11.8. The molecule has 110 valence electrons. The maximum absolute atomic E-state index is 12.2. The number of hydrogen-bond acceptors (Lipinski definition) is 4. The summed E-state index contributed by atoms with van der Waals surface area (Å²) in [6, 6.07) is 10.5. The molecule has 1 aromatic carbocycles. The molecule has 0 saturated carbocycles. The molecule has 3 aromatic rings. The molecule has 0 fully saturated rings. The summed E-state index contributed by atoms with van der Waals surface area (Å²) in [7, 11) is 0. The van der Waals surface area contributed by atoms with Crippen molar-refractivity contribution >= 4 is 28.9 Å². The quantitative estimate of drug-likeness (QED) is 0.697. The molecular weight excluding hydrogens is 302 g/mol. The van der Waals surface area contributed by atoms with Crippen LogP contribution in [0.3, 0.4) is 0 Å². The lowest BCUT2D eigenvalue weighted by Crippen LogP contribution is -2.24. The summed E-state index contributed by atoms with van der Waals surface area (Å²) in [4.78, 5) is 31.6. The number of carbonyl (C=O) groups excluding carboxylic acids is 1. The number of fused-ring (bicyclic) bond motifs is 1. The van der Waals surface area contributed by atoms with E-state index in [-0.39, 0.29) is 5.69 Å². The predicted octanol–water partition coefficient (Wildman–Crippen LogP) is 2.94. The Kier molecular flexibility index (Phi) is 3.73. The maximum atomic E-state index is 12.2. The molecule has 0 aliphatic carbocycles. The van der Waals surface area contributed by atoms with Gasteiger partial charge in [0, 0.05) is 22.5 Å². The van der Waals surface area contributed by atoms with Crippen LogP contribution in [-0.4, -0.2) is 20.8 Å². The average Bonchev–Trinajstić information content (AvgIpc) is 2.53. The van der Waals surface area contributed by atoms with E-state index in [0.29, 0.717) is 34.6 Å². The predicted molar refractivity (Wildman–Crippen MR) is 85.3 cm³/mol. The minimum absolute atomic E-state index is 0.275. The lowest BCUT2D eigenvalue weighted by molar-refractivity contribution is 0.111. The van der Waals surface area contributed by atoms with Crippen molar-refractivity contribution in [2.45, 2.75) is 13.5 Å². The van der Waals surface area contributed by atoms with Gasteiger partial charge in [0.1, 0.15) is 11.3 Å². The second-order valence-electron chi connectivity index (χ2n) is 4.72. The molecule has 0 saturated heterocycles. The van der Waals surface area contributed by atoms with E-state index in [1.54, 1.807) is 30.3 Å². The average molecular weight is 314 g/mol. The molecule has 6 heteroatoms. The van der Waals surface area contributed by atoms with E-state index in [0.717, 1.165) is 5.56 Å². The molecule has 3 rings (SSSR count). The number of rotatable bonds is 3. The Labute approximate surface area is 131 Å². The van der Waals surface area contributed by atoms with E-state index in [1.807, 2.05) is 13.0 Å². The standard InChI is InChI=1S/C16H12ClN3O2/c1-2-20-15-13(7-6-12(9-21)18-15)14(19-16(20)22)10-4-3-5-11(17)8-10/h3-9H,2H2,1H3. The fourth-order valence-electron chi connectivity index (χ4n) is 2.37. The molecular formula is C16H12ClN3O2. The van der Waals surface area contributed by atoms with E-state index in [2.05, 4.69) is 9.97 Å². The zero-order chi connectivity index (χ0) is 15.7. The minimum atomic E-state index is -0.402. The molecule has 22 heavy (non-hydrogen) atoms. The Morgan fingerprint density at radius 2 is 2.05 bits per heavy atom. The first-order valence-electron chi connectivity index (χ1n) is 6.76. The van der Waals surface area contributed by atoms with Crippen LogP contribution in [0.25, 0.3) is 22.3 Å². The van der Waals surface area contributed by atoms with Crippen molar-refractivity contribution in [3.8, 4) is 11.3 Å². The molecule has 0 aliphatic heterocycles. The van der Waals surface area contributed by atoms with Gasteiger partial charge < -0.3 is 0 Å². The van der Waals surface area contributed by atoms with E-state index in [4.69, 9.17) is 11.6 Å². The van der Waals surface area contributed by atoms with Gasteiger partial charge in [-0.15, -0.1) is 0 Å². The Morgan fingerprint density at radius 1 is 1.23 bits per heavy atom. The summed E-state index contributed by atoms with van der Waals surface area (Å²) in [5.41, 5.74) is 1.57. The molecule has 5 nitrogen and oxygen atoms in total. The van der Waals surface area contributed by atoms with E-state index in [1.165, 1.54) is 4.57 Å². The van der Waals surface area contributed by atoms with Crippen molar-refractivity contribution in [2.75, 3.05) is 0 Å².